The van der Waals surface area contributed by atoms with E-state index in [1.54, 1.807) is 13.0 Å². The normalized spacial score (nSPS) is 12.5. The minimum atomic E-state index is -0.284. The maximum atomic E-state index is 13.1. The van der Waals surface area contributed by atoms with Crippen molar-refractivity contribution in [3.8, 4) is 0 Å². The zero-order valence-corrected chi connectivity index (χ0v) is 11.1. The molecule has 0 spiro atoms. The van der Waals surface area contributed by atoms with E-state index in [0.29, 0.717) is 19.6 Å². The van der Waals surface area contributed by atoms with Gasteiger partial charge < -0.3 is 4.74 Å². The molecule has 0 radical (unpaired) electrons. The number of nitrogens with zero attached hydrogens (tertiary/aromatic N) is 1. The molecule has 4 heteroatoms. The van der Waals surface area contributed by atoms with Gasteiger partial charge in [0.15, 0.2) is 0 Å². The number of esters is 1. The predicted octanol–water partition coefficient (Wildman–Crippen LogP) is 2.60. The lowest BCUT2D eigenvalue weighted by Crippen LogP contribution is -2.38. The third-order valence-electron chi connectivity index (χ3n) is 2.80. The Labute approximate surface area is 108 Å². The van der Waals surface area contributed by atoms with E-state index in [9.17, 15) is 9.18 Å². The highest BCUT2D eigenvalue weighted by Crippen LogP contribution is 2.11. The van der Waals surface area contributed by atoms with E-state index in [1.165, 1.54) is 12.1 Å². The minimum absolute atomic E-state index is 0.223. The number of rotatable bonds is 6. The van der Waals surface area contributed by atoms with Gasteiger partial charge >= 0.3 is 5.97 Å². The SMILES string of the molecule is CCOC(=O)C(CC)N(C)Cc1cccc(F)c1. The molecule has 0 amide bonds. The molecule has 0 fully saturated rings. The van der Waals surface area contributed by atoms with Crippen LogP contribution >= 0.6 is 0 Å². The van der Waals surface area contributed by atoms with Gasteiger partial charge in [0, 0.05) is 6.54 Å². The van der Waals surface area contributed by atoms with Gasteiger partial charge in [0.1, 0.15) is 11.9 Å². The maximum Gasteiger partial charge on any atom is 0.323 e. The molecule has 1 aromatic rings. The predicted molar refractivity (Wildman–Crippen MR) is 68.6 cm³/mol. The molecule has 18 heavy (non-hydrogen) atoms. The highest BCUT2D eigenvalue weighted by atomic mass is 19.1. The monoisotopic (exact) mass is 253 g/mol. The first-order valence-corrected chi connectivity index (χ1v) is 6.19. The zero-order valence-electron chi connectivity index (χ0n) is 11.1. The summed E-state index contributed by atoms with van der Waals surface area (Å²) >= 11 is 0. The molecule has 0 saturated carbocycles. The smallest absolute Gasteiger partial charge is 0.323 e. The molecule has 0 aliphatic heterocycles. The Morgan fingerprint density at radius 3 is 2.72 bits per heavy atom. The molecule has 1 aromatic carbocycles. The minimum Gasteiger partial charge on any atom is -0.465 e. The van der Waals surface area contributed by atoms with Gasteiger partial charge in [-0.25, -0.2) is 4.39 Å². The molecule has 1 atom stereocenters. The van der Waals surface area contributed by atoms with Gasteiger partial charge in [0.05, 0.1) is 6.61 Å². The van der Waals surface area contributed by atoms with Crippen LogP contribution in [0.1, 0.15) is 25.8 Å². The van der Waals surface area contributed by atoms with E-state index in [4.69, 9.17) is 4.74 Å². The summed E-state index contributed by atoms with van der Waals surface area (Å²) in [7, 11) is 1.84. The lowest BCUT2D eigenvalue weighted by molar-refractivity contribution is -0.149. The van der Waals surface area contributed by atoms with E-state index < -0.39 is 0 Å². The largest absolute Gasteiger partial charge is 0.465 e. The van der Waals surface area contributed by atoms with Crippen molar-refractivity contribution in [2.75, 3.05) is 13.7 Å². The summed E-state index contributed by atoms with van der Waals surface area (Å²) in [5.74, 6) is -0.482. The summed E-state index contributed by atoms with van der Waals surface area (Å²) in [6.45, 7) is 4.62. The van der Waals surface area contributed by atoms with E-state index in [1.807, 2.05) is 24.9 Å². The van der Waals surface area contributed by atoms with Crippen molar-refractivity contribution in [1.29, 1.82) is 0 Å². The first-order chi connectivity index (χ1) is 8.58. The average Bonchev–Trinajstić information content (AvgIpc) is 2.30. The Morgan fingerprint density at radius 1 is 1.44 bits per heavy atom. The van der Waals surface area contributed by atoms with Crippen molar-refractivity contribution in [3.63, 3.8) is 0 Å². The van der Waals surface area contributed by atoms with Crippen molar-refractivity contribution in [1.82, 2.24) is 4.90 Å². The van der Waals surface area contributed by atoms with Crippen molar-refractivity contribution in [2.45, 2.75) is 32.9 Å². The molecule has 0 aliphatic rings. The van der Waals surface area contributed by atoms with E-state index in [-0.39, 0.29) is 17.8 Å². The summed E-state index contributed by atoms with van der Waals surface area (Å²) in [4.78, 5) is 13.6. The second kappa shape index (κ2) is 7.11. The Morgan fingerprint density at radius 2 is 2.17 bits per heavy atom. The number of likely N-dealkylation sites (N-methyl/N-ethyl adjacent to an activating group) is 1. The Kier molecular flexibility index (Phi) is 5.78. The first kappa shape index (κ1) is 14.6. The van der Waals surface area contributed by atoms with E-state index in [2.05, 4.69) is 0 Å². The van der Waals surface area contributed by atoms with Crippen molar-refractivity contribution in [3.05, 3.63) is 35.6 Å². The second-order valence-electron chi connectivity index (χ2n) is 4.22. The van der Waals surface area contributed by atoms with Gasteiger partial charge in [-0.05, 0) is 38.1 Å². The number of hydrogen-bond donors (Lipinski definition) is 0. The number of halogens is 1. The lowest BCUT2D eigenvalue weighted by Gasteiger charge is -2.25. The topological polar surface area (TPSA) is 29.5 Å². The first-order valence-electron chi connectivity index (χ1n) is 6.19. The molecule has 0 aromatic heterocycles. The van der Waals surface area contributed by atoms with Crippen molar-refractivity contribution in [2.24, 2.45) is 0 Å². The molecule has 1 rings (SSSR count). The summed E-state index contributed by atoms with van der Waals surface area (Å²) in [5.41, 5.74) is 0.847. The third kappa shape index (κ3) is 4.11. The third-order valence-corrected chi connectivity index (χ3v) is 2.80. The van der Waals surface area contributed by atoms with Gasteiger partial charge in [-0.2, -0.15) is 0 Å². The number of carbonyl (C=O) groups excluding carboxylic acids is 1. The van der Waals surface area contributed by atoms with E-state index >= 15 is 0 Å². The number of carbonyl (C=O) groups is 1. The number of hydrogen-bond acceptors (Lipinski definition) is 3. The Hall–Kier alpha value is -1.42. The van der Waals surface area contributed by atoms with Crippen LogP contribution in [0.3, 0.4) is 0 Å². The molecular formula is C14H20FNO2. The molecule has 0 aliphatic carbocycles. The van der Waals surface area contributed by atoms with Crippen LogP contribution in [0.2, 0.25) is 0 Å². The van der Waals surface area contributed by atoms with Crippen LogP contribution in [0.4, 0.5) is 4.39 Å². The van der Waals surface area contributed by atoms with Crippen LogP contribution in [-0.4, -0.2) is 30.6 Å². The van der Waals surface area contributed by atoms with Crippen LogP contribution in [0, 0.1) is 5.82 Å². The molecular weight excluding hydrogens is 233 g/mol. The number of ether oxygens (including phenoxy) is 1. The lowest BCUT2D eigenvalue weighted by atomic mass is 10.1. The van der Waals surface area contributed by atoms with Gasteiger partial charge in [0.2, 0.25) is 0 Å². The fourth-order valence-electron chi connectivity index (χ4n) is 1.93. The van der Waals surface area contributed by atoms with Gasteiger partial charge in [-0.15, -0.1) is 0 Å². The second-order valence-corrected chi connectivity index (χ2v) is 4.22. The maximum absolute atomic E-state index is 13.1. The summed E-state index contributed by atoms with van der Waals surface area (Å²) in [6.07, 6.45) is 0.671. The van der Waals surface area contributed by atoms with Crippen LogP contribution in [0.5, 0.6) is 0 Å². The standard InChI is InChI=1S/C14H20FNO2/c1-4-13(14(17)18-5-2)16(3)10-11-7-6-8-12(15)9-11/h6-9,13H,4-5,10H2,1-3H3. The molecule has 100 valence electrons. The van der Waals surface area contributed by atoms with Gasteiger partial charge in [-0.1, -0.05) is 19.1 Å². The Balaban J connectivity index is 2.67. The van der Waals surface area contributed by atoms with Crippen molar-refractivity contribution >= 4 is 5.97 Å². The summed E-state index contributed by atoms with van der Waals surface area (Å²) < 4.78 is 18.1. The molecule has 0 saturated heterocycles. The summed E-state index contributed by atoms with van der Waals surface area (Å²) in [6, 6.07) is 6.12. The highest BCUT2D eigenvalue weighted by Gasteiger charge is 2.22. The fourth-order valence-corrected chi connectivity index (χ4v) is 1.93. The molecule has 1 unspecified atom stereocenters. The summed E-state index contributed by atoms with van der Waals surface area (Å²) in [5, 5.41) is 0. The van der Waals surface area contributed by atoms with Crippen LogP contribution < -0.4 is 0 Å². The van der Waals surface area contributed by atoms with Gasteiger partial charge in [0.25, 0.3) is 0 Å². The molecule has 0 heterocycles. The van der Waals surface area contributed by atoms with Gasteiger partial charge in [-0.3, -0.25) is 9.69 Å². The molecule has 0 bridgehead atoms. The van der Waals surface area contributed by atoms with Crippen LogP contribution in [-0.2, 0) is 16.1 Å². The highest BCUT2D eigenvalue weighted by molar-refractivity contribution is 5.75. The average molecular weight is 253 g/mol. The Bertz CT molecular complexity index is 395. The van der Waals surface area contributed by atoms with Crippen molar-refractivity contribution < 1.29 is 13.9 Å². The van der Waals surface area contributed by atoms with E-state index in [0.717, 1.165) is 5.56 Å². The molecule has 0 N–H and O–H groups in total. The number of benzene rings is 1. The van der Waals surface area contributed by atoms with Crippen LogP contribution in [0.25, 0.3) is 0 Å². The fraction of sp³-hybridized carbons (Fsp3) is 0.500. The molecule has 3 nitrogen and oxygen atoms in total. The zero-order chi connectivity index (χ0) is 13.5. The quantitative estimate of drug-likeness (QED) is 0.730. The van der Waals surface area contributed by atoms with Crippen LogP contribution in [0.15, 0.2) is 24.3 Å².